The fourth-order valence-corrected chi connectivity index (χ4v) is 2.23. The summed E-state index contributed by atoms with van der Waals surface area (Å²) in [5.41, 5.74) is 0.340. The summed E-state index contributed by atoms with van der Waals surface area (Å²) in [6, 6.07) is 6.05. The van der Waals surface area contributed by atoms with Crippen LogP contribution in [0.15, 0.2) is 24.3 Å². The molecule has 1 saturated heterocycles. The van der Waals surface area contributed by atoms with Crippen molar-refractivity contribution in [3.8, 4) is 0 Å². The van der Waals surface area contributed by atoms with E-state index in [0.717, 1.165) is 0 Å². The average molecular weight is 272 g/mol. The fraction of sp³-hybridized carbons (Fsp3) is 0.538. The maximum absolute atomic E-state index is 13.5. The van der Waals surface area contributed by atoms with Gasteiger partial charge in [0, 0.05) is 6.42 Å². The first kappa shape index (κ1) is 14.4. The SMILES string of the molecule is OC[C@H]1OC(Cc2ccccc2F)[C@H](O)[C@@H](O)[C@@H]1O. The zero-order valence-electron chi connectivity index (χ0n) is 10.2. The van der Waals surface area contributed by atoms with Crippen LogP contribution in [0, 0.1) is 5.82 Å². The van der Waals surface area contributed by atoms with Crippen molar-refractivity contribution in [2.45, 2.75) is 36.9 Å². The van der Waals surface area contributed by atoms with Crippen LogP contribution in [0.3, 0.4) is 0 Å². The zero-order valence-corrected chi connectivity index (χ0v) is 10.2. The van der Waals surface area contributed by atoms with Gasteiger partial charge in [0.25, 0.3) is 0 Å². The third-order valence-corrected chi connectivity index (χ3v) is 3.37. The van der Waals surface area contributed by atoms with E-state index in [-0.39, 0.29) is 6.42 Å². The van der Waals surface area contributed by atoms with Gasteiger partial charge in [-0.2, -0.15) is 0 Å². The summed E-state index contributed by atoms with van der Waals surface area (Å²) in [6.07, 6.45) is -5.95. The number of hydrogen-bond acceptors (Lipinski definition) is 5. The molecule has 106 valence electrons. The topological polar surface area (TPSA) is 90.2 Å². The van der Waals surface area contributed by atoms with Crippen molar-refractivity contribution in [2.24, 2.45) is 0 Å². The molecule has 0 aromatic heterocycles. The summed E-state index contributed by atoms with van der Waals surface area (Å²) in [7, 11) is 0. The smallest absolute Gasteiger partial charge is 0.126 e. The predicted molar refractivity (Wildman–Crippen MR) is 63.9 cm³/mol. The van der Waals surface area contributed by atoms with Gasteiger partial charge in [0.2, 0.25) is 0 Å². The summed E-state index contributed by atoms with van der Waals surface area (Å²) in [5, 5.41) is 38.1. The molecule has 1 aromatic rings. The fourth-order valence-electron chi connectivity index (χ4n) is 2.23. The van der Waals surface area contributed by atoms with E-state index in [1.807, 2.05) is 0 Å². The molecular formula is C13H17FO5. The summed E-state index contributed by atoms with van der Waals surface area (Å²) in [5.74, 6) is -0.431. The van der Waals surface area contributed by atoms with Gasteiger partial charge in [-0.25, -0.2) is 4.39 Å². The van der Waals surface area contributed by atoms with Crippen LogP contribution in [-0.2, 0) is 11.2 Å². The number of benzene rings is 1. The van der Waals surface area contributed by atoms with Gasteiger partial charge in [-0.15, -0.1) is 0 Å². The van der Waals surface area contributed by atoms with Gasteiger partial charge < -0.3 is 25.2 Å². The van der Waals surface area contributed by atoms with Crippen LogP contribution in [0.5, 0.6) is 0 Å². The van der Waals surface area contributed by atoms with E-state index in [1.54, 1.807) is 18.2 Å². The standard InChI is InChI=1S/C13H17FO5/c14-8-4-2-1-3-7(8)5-9-11(16)13(18)12(17)10(6-15)19-9/h1-4,9-13,15-18H,5-6H2/t9?,10-,11+,12-,13-/m1/s1. The lowest BCUT2D eigenvalue weighted by Crippen LogP contribution is -2.59. The number of ether oxygens (including phenoxy) is 1. The van der Waals surface area contributed by atoms with Crippen molar-refractivity contribution in [1.29, 1.82) is 0 Å². The van der Waals surface area contributed by atoms with Crippen LogP contribution < -0.4 is 0 Å². The molecule has 0 radical (unpaired) electrons. The maximum atomic E-state index is 13.5. The Kier molecular flexibility index (Phi) is 4.49. The van der Waals surface area contributed by atoms with Gasteiger partial charge in [-0.1, -0.05) is 18.2 Å². The van der Waals surface area contributed by atoms with Crippen LogP contribution in [0.2, 0.25) is 0 Å². The molecule has 0 spiro atoms. The molecule has 0 saturated carbocycles. The first-order valence-corrected chi connectivity index (χ1v) is 6.08. The molecule has 4 N–H and O–H groups in total. The zero-order chi connectivity index (χ0) is 14.0. The first-order chi connectivity index (χ1) is 9.04. The Hall–Kier alpha value is -1.05. The average Bonchev–Trinajstić information content (AvgIpc) is 2.41. The van der Waals surface area contributed by atoms with Crippen molar-refractivity contribution >= 4 is 0 Å². The monoisotopic (exact) mass is 272 g/mol. The molecule has 1 aliphatic heterocycles. The molecule has 1 unspecified atom stereocenters. The van der Waals surface area contributed by atoms with Crippen molar-refractivity contribution in [2.75, 3.05) is 6.61 Å². The molecule has 1 aliphatic rings. The van der Waals surface area contributed by atoms with E-state index >= 15 is 0 Å². The van der Waals surface area contributed by atoms with Crippen molar-refractivity contribution < 1.29 is 29.6 Å². The van der Waals surface area contributed by atoms with E-state index in [0.29, 0.717) is 5.56 Å². The second-order valence-electron chi connectivity index (χ2n) is 4.66. The van der Waals surface area contributed by atoms with E-state index in [1.165, 1.54) is 6.07 Å². The van der Waals surface area contributed by atoms with Gasteiger partial charge in [0.15, 0.2) is 0 Å². The maximum Gasteiger partial charge on any atom is 0.126 e. The minimum absolute atomic E-state index is 0.0497. The Morgan fingerprint density at radius 1 is 1.00 bits per heavy atom. The lowest BCUT2D eigenvalue weighted by molar-refractivity contribution is -0.228. The lowest BCUT2D eigenvalue weighted by Gasteiger charge is -2.40. The molecule has 2 rings (SSSR count). The lowest BCUT2D eigenvalue weighted by atomic mass is 9.91. The molecule has 0 amide bonds. The van der Waals surface area contributed by atoms with Crippen molar-refractivity contribution in [3.05, 3.63) is 35.6 Å². The van der Waals surface area contributed by atoms with Crippen LogP contribution in [0.1, 0.15) is 5.56 Å². The number of aliphatic hydroxyl groups excluding tert-OH is 4. The van der Waals surface area contributed by atoms with Crippen LogP contribution in [0.25, 0.3) is 0 Å². The minimum Gasteiger partial charge on any atom is -0.394 e. The number of hydrogen-bond donors (Lipinski definition) is 4. The molecule has 19 heavy (non-hydrogen) atoms. The number of rotatable bonds is 3. The van der Waals surface area contributed by atoms with Gasteiger partial charge in [-0.3, -0.25) is 0 Å². The Morgan fingerprint density at radius 3 is 2.26 bits per heavy atom. The highest BCUT2D eigenvalue weighted by Gasteiger charge is 2.43. The van der Waals surface area contributed by atoms with Crippen molar-refractivity contribution in [1.82, 2.24) is 0 Å². The molecular weight excluding hydrogens is 255 g/mol. The molecule has 5 nitrogen and oxygen atoms in total. The van der Waals surface area contributed by atoms with Gasteiger partial charge in [0.05, 0.1) is 12.7 Å². The summed E-state index contributed by atoms with van der Waals surface area (Å²) < 4.78 is 18.8. The Bertz CT molecular complexity index is 425. The molecule has 1 fully saturated rings. The first-order valence-electron chi connectivity index (χ1n) is 6.08. The molecule has 0 aliphatic carbocycles. The normalized spacial score (nSPS) is 35.3. The molecule has 1 heterocycles. The third-order valence-electron chi connectivity index (χ3n) is 3.37. The van der Waals surface area contributed by atoms with E-state index < -0.39 is 42.9 Å². The van der Waals surface area contributed by atoms with Gasteiger partial charge in [0.1, 0.15) is 30.2 Å². The molecule has 5 atom stereocenters. The second kappa shape index (κ2) is 5.94. The van der Waals surface area contributed by atoms with Crippen LogP contribution >= 0.6 is 0 Å². The Labute approximate surface area is 109 Å². The van der Waals surface area contributed by atoms with E-state index in [2.05, 4.69) is 0 Å². The molecule has 6 heteroatoms. The van der Waals surface area contributed by atoms with Gasteiger partial charge >= 0.3 is 0 Å². The van der Waals surface area contributed by atoms with Crippen LogP contribution in [0.4, 0.5) is 4.39 Å². The number of aliphatic hydroxyl groups is 4. The van der Waals surface area contributed by atoms with E-state index in [9.17, 15) is 19.7 Å². The Balaban J connectivity index is 2.13. The molecule has 0 bridgehead atoms. The van der Waals surface area contributed by atoms with Crippen LogP contribution in [-0.4, -0.2) is 57.6 Å². The van der Waals surface area contributed by atoms with Gasteiger partial charge in [-0.05, 0) is 11.6 Å². The summed E-state index contributed by atoms with van der Waals surface area (Å²) >= 11 is 0. The molecule has 1 aromatic carbocycles. The van der Waals surface area contributed by atoms with E-state index in [4.69, 9.17) is 9.84 Å². The third kappa shape index (κ3) is 2.93. The highest BCUT2D eigenvalue weighted by atomic mass is 19.1. The highest BCUT2D eigenvalue weighted by Crippen LogP contribution is 2.24. The quantitative estimate of drug-likeness (QED) is 0.579. The summed E-state index contributed by atoms with van der Waals surface area (Å²) in [6.45, 7) is -0.487. The predicted octanol–water partition coefficient (Wildman–Crippen LogP) is -0.789. The Morgan fingerprint density at radius 2 is 1.63 bits per heavy atom. The number of halogens is 1. The van der Waals surface area contributed by atoms with Crippen molar-refractivity contribution in [3.63, 3.8) is 0 Å². The minimum atomic E-state index is -1.43. The second-order valence-corrected chi connectivity index (χ2v) is 4.66. The summed E-state index contributed by atoms with van der Waals surface area (Å²) in [4.78, 5) is 0. The highest BCUT2D eigenvalue weighted by molar-refractivity contribution is 5.19. The largest absolute Gasteiger partial charge is 0.394 e.